The number of hydrogen-bond acceptors (Lipinski definition) is 3. The highest BCUT2D eigenvalue weighted by Crippen LogP contribution is 2.26. The molecule has 5 nitrogen and oxygen atoms in total. The molecule has 0 radical (unpaired) electrons. The third kappa shape index (κ3) is 6.28. The maximum Gasteiger partial charge on any atom is 0.236 e. The Morgan fingerprint density at radius 2 is 1.53 bits per heavy atom. The highest BCUT2D eigenvalue weighted by molar-refractivity contribution is 7.88. The second-order valence-electron chi connectivity index (χ2n) is 8.29. The third-order valence-electron chi connectivity index (χ3n) is 5.44. The number of carbonyl (C=O) groups excluding carboxylic acids is 1. The first-order chi connectivity index (χ1) is 15.1. The van der Waals surface area contributed by atoms with Crippen molar-refractivity contribution in [2.45, 2.75) is 33.4 Å². The van der Waals surface area contributed by atoms with Crippen LogP contribution in [0, 0.1) is 20.8 Å². The van der Waals surface area contributed by atoms with Crippen LogP contribution in [0.3, 0.4) is 0 Å². The van der Waals surface area contributed by atoms with E-state index in [-0.39, 0.29) is 25.0 Å². The molecule has 0 heterocycles. The van der Waals surface area contributed by atoms with E-state index in [1.54, 1.807) is 0 Å². The van der Waals surface area contributed by atoms with Crippen LogP contribution in [0.2, 0.25) is 0 Å². The second kappa shape index (κ2) is 10.1. The summed E-state index contributed by atoms with van der Waals surface area (Å²) < 4.78 is 26.0. The molecule has 0 saturated heterocycles. The number of carbonyl (C=O) groups is 1. The molecule has 0 bridgehead atoms. The number of benzene rings is 3. The van der Waals surface area contributed by atoms with Crippen molar-refractivity contribution < 1.29 is 13.2 Å². The summed E-state index contributed by atoms with van der Waals surface area (Å²) in [5, 5.41) is 3.06. The number of rotatable bonds is 8. The largest absolute Gasteiger partial charge is 0.344 e. The molecular formula is C26H30N2O3S. The molecule has 1 amide bonds. The van der Waals surface area contributed by atoms with Crippen molar-refractivity contribution in [2.24, 2.45) is 0 Å². The number of sulfonamides is 1. The zero-order chi connectivity index (χ0) is 23.3. The monoisotopic (exact) mass is 450 g/mol. The van der Waals surface area contributed by atoms with Crippen LogP contribution in [0.4, 0.5) is 0 Å². The van der Waals surface area contributed by atoms with Gasteiger partial charge in [0.1, 0.15) is 0 Å². The topological polar surface area (TPSA) is 66.5 Å². The van der Waals surface area contributed by atoms with Gasteiger partial charge in [-0.2, -0.15) is 4.31 Å². The van der Waals surface area contributed by atoms with Gasteiger partial charge in [-0.1, -0.05) is 83.9 Å². The molecule has 0 aliphatic heterocycles. The summed E-state index contributed by atoms with van der Waals surface area (Å²) in [7, 11) is -3.57. The van der Waals surface area contributed by atoms with Crippen molar-refractivity contribution in [3.8, 4) is 0 Å². The summed E-state index contributed by atoms with van der Waals surface area (Å²) >= 11 is 0. The molecule has 0 aliphatic rings. The van der Waals surface area contributed by atoms with Gasteiger partial charge in [-0.25, -0.2) is 8.42 Å². The fourth-order valence-corrected chi connectivity index (χ4v) is 4.43. The Morgan fingerprint density at radius 3 is 2.12 bits per heavy atom. The van der Waals surface area contributed by atoms with Crippen LogP contribution >= 0.6 is 0 Å². The van der Waals surface area contributed by atoms with E-state index in [0.717, 1.165) is 39.6 Å². The van der Waals surface area contributed by atoms with Gasteiger partial charge in [0.15, 0.2) is 0 Å². The molecular weight excluding hydrogens is 420 g/mol. The Morgan fingerprint density at radius 1 is 0.906 bits per heavy atom. The summed E-state index contributed by atoms with van der Waals surface area (Å²) in [5.74, 6) is -0.351. The van der Waals surface area contributed by atoms with Crippen LogP contribution in [-0.2, 0) is 21.4 Å². The van der Waals surface area contributed by atoms with E-state index in [2.05, 4.69) is 11.4 Å². The summed E-state index contributed by atoms with van der Waals surface area (Å²) in [6, 6.07) is 23.1. The minimum absolute atomic E-state index is 0.145. The zero-order valence-corrected chi connectivity index (χ0v) is 19.8. The van der Waals surface area contributed by atoms with E-state index in [0.29, 0.717) is 0 Å². The number of aryl methyl sites for hydroxylation is 3. The molecule has 3 aromatic carbocycles. The highest BCUT2D eigenvalue weighted by Gasteiger charge is 2.24. The number of hydrogen-bond donors (Lipinski definition) is 1. The molecule has 168 valence electrons. The summed E-state index contributed by atoms with van der Waals surface area (Å²) in [6.07, 6.45) is 1.13. The second-order valence-corrected chi connectivity index (χ2v) is 10.3. The highest BCUT2D eigenvalue weighted by atomic mass is 32.2. The predicted octanol–water partition coefficient (Wildman–Crippen LogP) is 4.28. The molecule has 3 aromatic rings. The first-order valence-corrected chi connectivity index (χ1v) is 12.4. The predicted molar refractivity (Wildman–Crippen MR) is 129 cm³/mol. The van der Waals surface area contributed by atoms with Crippen molar-refractivity contribution in [1.29, 1.82) is 0 Å². The van der Waals surface area contributed by atoms with Crippen molar-refractivity contribution in [1.82, 2.24) is 9.62 Å². The van der Waals surface area contributed by atoms with Gasteiger partial charge in [-0.15, -0.1) is 0 Å². The van der Waals surface area contributed by atoms with Crippen molar-refractivity contribution in [3.05, 3.63) is 106 Å². The van der Waals surface area contributed by atoms with E-state index in [4.69, 9.17) is 0 Å². The van der Waals surface area contributed by atoms with Crippen molar-refractivity contribution in [3.63, 3.8) is 0 Å². The van der Waals surface area contributed by atoms with Crippen LogP contribution in [-0.4, -0.2) is 31.4 Å². The number of nitrogens with zero attached hydrogens (tertiary/aromatic N) is 1. The Bertz CT molecular complexity index is 1170. The van der Waals surface area contributed by atoms with Crippen molar-refractivity contribution in [2.75, 3.05) is 12.8 Å². The number of nitrogens with one attached hydrogen (secondary N) is 1. The minimum atomic E-state index is -3.57. The summed E-state index contributed by atoms with van der Waals surface area (Å²) in [6.45, 7) is 5.92. The molecule has 0 saturated carbocycles. The van der Waals surface area contributed by atoms with Gasteiger partial charge in [0.05, 0.1) is 18.8 Å². The lowest BCUT2D eigenvalue weighted by Crippen LogP contribution is -2.41. The van der Waals surface area contributed by atoms with Crippen LogP contribution in [0.15, 0.2) is 72.8 Å². The van der Waals surface area contributed by atoms with Gasteiger partial charge in [0.25, 0.3) is 0 Å². The lowest BCUT2D eigenvalue weighted by Gasteiger charge is -2.25. The SMILES string of the molecule is Cc1ccc(CN(CC(=O)NC(c2ccccc2)c2ccc(C)cc2C)S(C)(=O)=O)cc1. The fourth-order valence-electron chi connectivity index (χ4n) is 3.69. The maximum absolute atomic E-state index is 13.1. The van der Waals surface area contributed by atoms with Gasteiger partial charge in [0.2, 0.25) is 15.9 Å². The average Bonchev–Trinajstić information content (AvgIpc) is 2.73. The van der Waals surface area contributed by atoms with Gasteiger partial charge in [-0.3, -0.25) is 4.79 Å². The van der Waals surface area contributed by atoms with Crippen LogP contribution in [0.5, 0.6) is 0 Å². The van der Waals surface area contributed by atoms with Crippen LogP contribution < -0.4 is 5.32 Å². The van der Waals surface area contributed by atoms with Gasteiger partial charge >= 0.3 is 0 Å². The van der Waals surface area contributed by atoms with Gasteiger partial charge in [-0.05, 0) is 43.0 Å². The molecule has 6 heteroatoms. The Labute approximate surface area is 191 Å². The lowest BCUT2D eigenvalue weighted by molar-refractivity contribution is -0.121. The summed E-state index contributed by atoms with van der Waals surface area (Å²) in [4.78, 5) is 13.1. The molecule has 0 fully saturated rings. The van der Waals surface area contributed by atoms with E-state index < -0.39 is 10.0 Å². The Balaban J connectivity index is 1.85. The zero-order valence-electron chi connectivity index (χ0n) is 19.0. The van der Waals surface area contributed by atoms with Crippen LogP contribution in [0.1, 0.15) is 39.4 Å². The fraction of sp³-hybridized carbons (Fsp3) is 0.269. The molecule has 0 aromatic heterocycles. The van der Waals surface area contributed by atoms with Crippen molar-refractivity contribution >= 4 is 15.9 Å². The first kappa shape index (κ1) is 23.7. The Kier molecular flexibility index (Phi) is 7.48. The summed E-state index contributed by atoms with van der Waals surface area (Å²) in [5.41, 5.74) is 6.07. The lowest BCUT2D eigenvalue weighted by atomic mass is 9.94. The quantitative estimate of drug-likeness (QED) is 0.557. The normalized spacial score (nSPS) is 12.5. The molecule has 1 unspecified atom stereocenters. The van der Waals surface area contributed by atoms with E-state index in [1.807, 2.05) is 87.5 Å². The smallest absolute Gasteiger partial charge is 0.236 e. The molecule has 32 heavy (non-hydrogen) atoms. The number of amides is 1. The molecule has 0 spiro atoms. The van der Waals surface area contributed by atoms with Gasteiger partial charge < -0.3 is 5.32 Å². The van der Waals surface area contributed by atoms with E-state index in [9.17, 15) is 13.2 Å². The molecule has 1 N–H and O–H groups in total. The Hall–Kier alpha value is -2.96. The third-order valence-corrected chi connectivity index (χ3v) is 6.64. The van der Waals surface area contributed by atoms with Crippen LogP contribution in [0.25, 0.3) is 0 Å². The minimum Gasteiger partial charge on any atom is -0.344 e. The first-order valence-electron chi connectivity index (χ1n) is 10.6. The molecule has 0 aliphatic carbocycles. The average molecular weight is 451 g/mol. The van der Waals surface area contributed by atoms with E-state index in [1.165, 1.54) is 4.31 Å². The maximum atomic E-state index is 13.1. The molecule has 1 atom stereocenters. The van der Waals surface area contributed by atoms with E-state index >= 15 is 0 Å². The van der Waals surface area contributed by atoms with Gasteiger partial charge in [0, 0.05) is 6.54 Å². The molecule has 3 rings (SSSR count). The standard InChI is InChI=1S/C26H30N2O3S/c1-19-10-13-22(14-11-19)17-28(32(4,30)31)18-25(29)27-26(23-8-6-5-7-9-23)24-15-12-20(2)16-21(24)3/h5-16,26H,17-18H2,1-4H3,(H,27,29).